The minimum atomic E-state index is -4.42. The molecule has 2 unspecified atom stereocenters. The largest absolute Gasteiger partial charge is 0.331 e. The summed E-state index contributed by atoms with van der Waals surface area (Å²) in [5, 5.41) is -0.388. The van der Waals surface area contributed by atoms with Crippen molar-refractivity contribution in [2.75, 3.05) is 0 Å². The van der Waals surface area contributed by atoms with Crippen molar-refractivity contribution in [2.24, 2.45) is 5.92 Å². The summed E-state index contributed by atoms with van der Waals surface area (Å²) in [6, 6.07) is 9.84. The summed E-state index contributed by atoms with van der Waals surface area (Å²) in [5.74, 6) is -0.143. The van der Waals surface area contributed by atoms with Gasteiger partial charge in [-0.25, -0.2) is 0 Å². The van der Waals surface area contributed by atoms with Gasteiger partial charge in [-0.15, -0.1) is 0 Å². The van der Waals surface area contributed by atoms with Gasteiger partial charge in [0.2, 0.25) is 0 Å². The summed E-state index contributed by atoms with van der Waals surface area (Å²) in [5.41, 5.74) is 0. The van der Waals surface area contributed by atoms with Crippen LogP contribution in [0.3, 0.4) is 0 Å². The number of unbranched alkanes of at least 4 members (excludes halogenated alkanes) is 1. The Morgan fingerprint density at radius 2 is 1.31 bits per heavy atom. The molecule has 1 aromatic rings. The normalized spacial score (nSPS) is 15.7. The van der Waals surface area contributed by atoms with Crippen molar-refractivity contribution >= 4 is 29.2 Å². The summed E-state index contributed by atoms with van der Waals surface area (Å²) in [7, 11) is -11.1. The third-order valence-corrected chi connectivity index (χ3v) is 19.4. The van der Waals surface area contributed by atoms with E-state index in [-0.39, 0.29) is 11.0 Å². The highest BCUT2D eigenvalue weighted by Crippen LogP contribution is 2.63. The Bertz CT molecular complexity index is 856. The Kier molecular flexibility index (Phi) is 12.2. The van der Waals surface area contributed by atoms with Crippen LogP contribution in [-0.4, -0.2) is 38.3 Å². The van der Waals surface area contributed by atoms with Gasteiger partial charge in [0.25, 0.3) is 0 Å². The van der Waals surface area contributed by atoms with Crippen LogP contribution in [0.25, 0.3) is 0 Å². The molecule has 0 aliphatic rings. The zero-order valence-electron chi connectivity index (χ0n) is 22.9. The summed E-state index contributed by atoms with van der Waals surface area (Å²) >= 11 is 0. The molecule has 1 rings (SSSR count). The highest BCUT2D eigenvalue weighted by atomic mass is 31.2. The first-order valence-corrected chi connectivity index (χ1v) is 18.3. The lowest BCUT2D eigenvalue weighted by Gasteiger charge is -2.48. The number of hydrogen-bond acceptors (Lipinski definition) is 2. The molecule has 0 radical (unpaired) electrons. The van der Waals surface area contributed by atoms with Gasteiger partial charge >= 0.3 is 15.2 Å². The van der Waals surface area contributed by atoms with Gasteiger partial charge in [0.1, 0.15) is 0 Å². The van der Waals surface area contributed by atoms with Gasteiger partial charge in [-0.2, -0.15) is 0 Å². The average molecular weight is 549 g/mol. The van der Waals surface area contributed by atoms with E-state index in [1.165, 1.54) is 0 Å². The maximum absolute atomic E-state index is 13.1. The second kappa shape index (κ2) is 13.0. The molecule has 204 valence electrons. The molecule has 0 aliphatic carbocycles. The van der Waals surface area contributed by atoms with E-state index in [9.17, 15) is 28.7 Å². The molecule has 4 N–H and O–H groups in total. The minimum Gasteiger partial charge on any atom is -0.324 e. The summed E-state index contributed by atoms with van der Waals surface area (Å²) < 4.78 is 24.8. The molecule has 6 nitrogen and oxygen atoms in total. The molecule has 0 bridgehead atoms. The van der Waals surface area contributed by atoms with Crippen molar-refractivity contribution in [1.82, 2.24) is 0 Å². The lowest BCUT2D eigenvalue weighted by molar-refractivity contribution is 0.224. The van der Waals surface area contributed by atoms with Crippen molar-refractivity contribution in [2.45, 2.75) is 121 Å². The molecular formula is C26H50O6P2Si. The first kappa shape index (κ1) is 32.8. The molecule has 2 atom stereocenters. The van der Waals surface area contributed by atoms with Gasteiger partial charge in [0.15, 0.2) is 0 Å². The summed E-state index contributed by atoms with van der Waals surface area (Å²) in [6.45, 7) is 13.9. The molecule has 0 heterocycles. The maximum atomic E-state index is 13.1. The Balaban J connectivity index is 3.59. The molecule has 0 saturated carbocycles. The van der Waals surface area contributed by atoms with Gasteiger partial charge in [-0.05, 0) is 49.5 Å². The maximum Gasteiger partial charge on any atom is 0.331 e. The fourth-order valence-electron chi connectivity index (χ4n) is 6.67. The van der Waals surface area contributed by atoms with Crippen LogP contribution in [0.5, 0.6) is 0 Å². The molecule has 0 aliphatic heterocycles. The monoisotopic (exact) mass is 548 g/mol. The van der Waals surface area contributed by atoms with E-state index in [1.807, 2.05) is 58.0 Å². The Morgan fingerprint density at radius 1 is 0.800 bits per heavy atom. The van der Waals surface area contributed by atoms with Crippen molar-refractivity contribution in [3.63, 3.8) is 0 Å². The highest BCUT2D eigenvalue weighted by Gasteiger charge is 2.57. The third kappa shape index (κ3) is 6.99. The second-order valence-corrected chi connectivity index (χ2v) is 19.6. The van der Waals surface area contributed by atoms with Crippen molar-refractivity contribution in [1.29, 1.82) is 0 Å². The fraction of sp³-hybridized carbons (Fsp3) is 0.769. The molecule has 0 spiro atoms. The van der Waals surface area contributed by atoms with Crippen LogP contribution in [0.1, 0.15) is 106 Å². The SMILES string of the molecule is CCCCC(CCC(C)(C)[SiH](c1ccccc1)C(CC)(CC)P(=O)(O)O)C(CC)(CC)P(=O)(O)O. The number of benzene rings is 1. The van der Waals surface area contributed by atoms with Crippen LogP contribution in [0.15, 0.2) is 30.3 Å². The molecule has 0 saturated heterocycles. The zero-order valence-corrected chi connectivity index (χ0v) is 25.8. The van der Waals surface area contributed by atoms with E-state index in [1.54, 1.807) is 0 Å². The second-order valence-electron chi connectivity index (χ2n) is 10.9. The Labute approximate surface area is 215 Å². The van der Waals surface area contributed by atoms with E-state index < -0.39 is 33.9 Å². The third-order valence-electron chi connectivity index (χ3n) is 8.86. The summed E-state index contributed by atoms with van der Waals surface area (Å²) in [4.78, 5) is 42.2. The minimum absolute atomic E-state index is 0.143. The van der Waals surface area contributed by atoms with Crippen LogP contribution in [-0.2, 0) is 9.13 Å². The van der Waals surface area contributed by atoms with Crippen molar-refractivity contribution in [3.05, 3.63) is 30.3 Å². The Morgan fingerprint density at radius 3 is 1.69 bits per heavy atom. The standard InChI is InChI=1S/C26H50O6P2Si/c1-8-13-17-22(25(9-2,10-3)33(27,28)29)20-21-24(6,7)35(23-18-15-14-16-19-23)26(11-4,12-5)34(30,31)32/h14-16,18-19,22,35H,8-13,17,20-21H2,1-7H3,(H2,27,28,29)(H2,30,31,32). The van der Waals surface area contributed by atoms with Crippen molar-refractivity contribution < 1.29 is 28.7 Å². The van der Waals surface area contributed by atoms with Gasteiger partial charge < -0.3 is 19.6 Å². The van der Waals surface area contributed by atoms with Gasteiger partial charge in [0, 0.05) is 0 Å². The number of rotatable bonds is 16. The fourth-order valence-corrected chi connectivity index (χ4v) is 16.8. The quantitative estimate of drug-likeness (QED) is 0.138. The van der Waals surface area contributed by atoms with Gasteiger partial charge in [-0.3, -0.25) is 9.13 Å². The molecule has 0 fully saturated rings. The molecular weight excluding hydrogens is 498 g/mol. The van der Waals surface area contributed by atoms with Crippen molar-refractivity contribution in [3.8, 4) is 0 Å². The van der Waals surface area contributed by atoms with Crippen LogP contribution >= 0.6 is 15.2 Å². The van der Waals surface area contributed by atoms with Gasteiger partial charge in [0.05, 0.1) is 18.7 Å². The van der Waals surface area contributed by atoms with Crippen LogP contribution < -0.4 is 5.19 Å². The molecule has 1 aromatic carbocycles. The van der Waals surface area contributed by atoms with E-state index in [0.717, 1.165) is 24.4 Å². The average Bonchev–Trinajstić information content (AvgIpc) is 2.78. The van der Waals surface area contributed by atoms with E-state index in [4.69, 9.17) is 0 Å². The predicted molar refractivity (Wildman–Crippen MR) is 150 cm³/mol. The van der Waals surface area contributed by atoms with E-state index in [0.29, 0.717) is 38.5 Å². The first-order valence-electron chi connectivity index (χ1n) is 13.3. The molecule has 9 heteroatoms. The topological polar surface area (TPSA) is 115 Å². The highest BCUT2D eigenvalue weighted by molar-refractivity contribution is 7.57. The van der Waals surface area contributed by atoms with Gasteiger partial charge in [-0.1, -0.05) is 103 Å². The smallest absolute Gasteiger partial charge is 0.324 e. The predicted octanol–water partition coefficient (Wildman–Crippen LogP) is 6.50. The zero-order chi connectivity index (χ0) is 27.1. The lowest BCUT2D eigenvalue weighted by Crippen LogP contribution is -2.58. The first-order chi connectivity index (χ1) is 16.1. The van der Waals surface area contributed by atoms with E-state index >= 15 is 0 Å². The molecule has 0 aromatic heterocycles. The van der Waals surface area contributed by atoms with Crippen LogP contribution in [0.2, 0.25) is 5.04 Å². The van der Waals surface area contributed by atoms with E-state index in [2.05, 4.69) is 20.8 Å². The van der Waals surface area contributed by atoms with Crippen LogP contribution in [0.4, 0.5) is 0 Å². The molecule has 35 heavy (non-hydrogen) atoms. The lowest BCUT2D eigenvalue weighted by atomic mass is 9.79. The summed E-state index contributed by atoms with van der Waals surface area (Å²) in [6.07, 6.45) is 5.56. The van der Waals surface area contributed by atoms with Crippen LogP contribution in [0, 0.1) is 5.92 Å². The number of hydrogen-bond donors (Lipinski definition) is 4. The molecule has 0 amide bonds. The Hall–Kier alpha value is -0.263.